The highest BCUT2D eigenvalue weighted by atomic mass is 32.2. The minimum atomic E-state index is -2.39. The number of nitrogens with zero attached hydrogens (tertiary/aromatic N) is 1. The normalized spacial score (nSPS) is 26.7. The summed E-state index contributed by atoms with van der Waals surface area (Å²) in [4.78, 5) is 2.40. The number of para-hydroxylation sites is 1. The largest absolute Gasteiger partial charge is 0.388 e. The maximum absolute atomic E-state index is 11.8. The summed E-state index contributed by atoms with van der Waals surface area (Å²) in [5.74, 6) is -0.101. The lowest BCUT2D eigenvalue weighted by Crippen LogP contribution is -2.55. The predicted molar refractivity (Wildman–Crippen MR) is 106 cm³/mol. The maximum atomic E-state index is 11.8. The van der Waals surface area contributed by atoms with Gasteiger partial charge in [0.25, 0.3) is 0 Å². The van der Waals surface area contributed by atoms with E-state index in [-0.39, 0.29) is 16.8 Å². The lowest BCUT2D eigenvalue weighted by molar-refractivity contribution is 0.00292. The van der Waals surface area contributed by atoms with E-state index >= 15 is 0 Å². The zero-order valence-electron chi connectivity index (χ0n) is 15.6. The molecule has 2 aromatic carbocycles. The molecule has 142 valence electrons. The molecule has 0 amide bonds. The number of aliphatic hydroxyl groups excluding tert-OH is 1. The van der Waals surface area contributed by atoms with Crippen LogP contribution in [0.3, 0.4) is 0 Å². The van der Waals surface area contributed by atoms with Crippen LogP contribution in [-0.2, 0) is 15.0 Å². The summed E-state index contributed by atoms with van der Waals surface area (Å²) >= 11 is 0. The van der Waals surface area contributed by atoms with Crippen LogP contribution in [0.25, 0.3) is 0 Å². The Morgan fingerprint density at radius 2 is 1.81 bits per heavy atom. The minimum Gasteiger partial charge on any atom is -0.388 e. The first-order chi connectivity index (χ1) is 12.9. The van der Waals surface area contributed by atoms with Crippen molar-refractivity contribution < 1.29 is 18.3 Å². The van der Waals surface area contributed by atoms with E-state index in [0.29, 0.717) is 6.42 Å². The molecule has 1 aliphatic heterocycles. The van der Waals surface area contributed by atoms with Gasteiger partial charge < -0.3 is 14.7 Å². The summed E-state index contributed by atoms with van der Waals surface area (Å²) in [6.45, 7) is 4.09. The van der Waals surface area contributed by atoms with Crippen molar-refractivity contribution in [1.29, 1.82) is 0 Å². The second-order valence-corrected chi connectivity index (χ2v) is 8.36. The standard InChI is InChI=1S/C21H23NO4S/c1-12-7-9-14(10-8-12)22-18-13(2)5-4-6-15(18)16-11-17(27(24)25)21(26-3)20(23)19(16)22/h4-10,16,19-21,23H,11H2,1-3H3/t16-,19+,20-,21-/m0/s1. The molecule has 2 aromatic rings. The summed E-state index contributed by atoms with van der Waals surface area (Å²) in [7, 11) is -0.941. The highest BCUT2D eigenvalue weighted by Crippen LogP contribution is 2.51. The highest BCUT2D eigenvalue weighted by molar-refractivity contribution is 7.73. The molecular weight excluding hydrogens is 362 g/mol. The Hall–Kier alpha value is -2.15. The quantitative estimate of drug-likeness (QED) is 0.805. The molecule has 1 fully saturated rings. The summed E-state index contributed by atoms with van der Waals surface area (Å²) in [6.07, 6.45) is -1.42. The van der Waals surface area contributed by atoms with Gasteiger partial charge in [0.15, 0.2) is 0 Å². The fourth-order valence-electron chi connectivity index (χ4n) is 4.59. The van der Waals surface area contributed by atoms with Crippen molar-refractivity contribution in [1.82, 2.24) is 0 Å². The Labute approximate surface area is 160 Å². The molecule has 0 saturated heterocycles. The lowest BCUT2D eigenvalue weighted by atomic mass is 9.78. The van der Waals surface area contributed by atoms with Gasteiger partial charge in [-0.3, -0.25) is 0 Å². The third kappa shape index (κ3) is 2.79. The third-order valence-corrected chi connectivity index (χ3v) is 6.63. The Morgan fingerprint density at radius 1 is 1.11 bits per heavy atom. The molecule has 1 saturated carbocycles. The van der Waals surface area contributed by atoms with Gasteiger partial charge in [0.1, 0.15) is 12.2 Å². The zero-order chi connectivity index (χ0) is 19.3. The average molecular weight is 385 g/mol. The van der Waals surface area contributed by atoms with E-state index in [1.807, 2.05) is 56.3 Å². The average Bonchev–Trinajstić information content (AvgIpc) is 2.98. The molecule has 27 heavy (non-hydrogen) atoms. The molecular formula is C21H23NO4S. The first-order valence-corrected chi connectivity index (χ1v) is 10.1. The van der Waals surface area contributed by atoms with Crippen LogP contribution in [0.15, 0.2) is 42.5 Å². The Balaban J connectivity index is 1.93. The lowest BCUT2D eigenvalue weighted by Gasteiger charge is -2.41. The van der Waals surface area contributed by atoms with Crippen molar-refractivity contribution in [3.8, 4) is 0 Å². The fourth-order valence-corrected chi connectivity index (χ4v) is 5.33. The van der Waals surface area contributed by atoms with Gasteiger partial charge >= 0.3 is 0 Å². The Kier molecular flexibility index (Phi) is 4.58. The third-order valence-electron chi connectivity index (χ3n) is 5.80. The van der Waals surface area contributed by atoms with Crippen LogP contribution in [0.5, 0.6) is 0 Å². The molecule has 0 unspecified atom stereocenters. The van der Waals surface area contributed by atoms with E-state index in [1.54, 1.807) is 0 Å². The Morgan fingerprint density at radius 3 is 2.44 bits per heavy atom. The predicted octanol–water partition coefficient (Wildman–Crippen LogP) is 2.74. The van der Waals surface area contributed by atoms with E-state index in [0.717, 1.165) is 28.1 Å². The molecule has 1 heterocycles. The fraction of sp³-hybridized carbons (Fsp3) is 0.381. The SMILES string of the molecule is CO[C@H]1C(=S(=O)=O)C[C@H]2c3cccc(C)c3N(c3ccc(C)cc3)[C@H]2[C@@H]1O. The molecule has 6 heteroatoms. The first kappa shape index (κ1) is 18.2. The number of rotatable bonds is 2. The highest BCUT2D eigenvalue weighted by Gasteiger charge is 2.51. The van der Waals surface area contributed by atoms with Gasteiger partial charge in [-0.05, 0) is 43.5 Å². The maximum Gasteiger partial charge on any atom is 0.215 e. The van der Waals surface area contributed by atoms with E-state index in [2.05, 4.69) is 4.90 Å². The number of fused-ring (bicyclic) bond motifs is 3. The van der Waals surface area contributed by atoms with Gasteiger partial charge in [0, 0.05) is 24.4 Å². The van der Waals surface area contributed by atoms with Crippen molar-refractivity contribution in [2.75, 3.05) is 12.0 Å². The monoisotopic (exact) mass is 385 g/mol. The molecule has 2 aliphatic rings. The molecule has 0 radical (unpaired) electrons. The number of aryl methyl sites for hydroxylation is 2. The van der Waals surface area contributed by atoms with Gasteiger partial charge in [-0.25, -0.2) is 0 Å². The van der Waals surface area contributed by atoms with Crippen LogP contribution in [-0.4, -0.2) is 43.7 Å². The van der Waals surface area contributed by atoms with Gasteiger partial charge in [-0.1, -0.05) is 35.9 Å². The number of ether oxygens (including phenoxy) is 1. The van der Waals surface area contributed by atoms with Crippen molar-refractivity contribution in [2.24, 2.45) is 0 Å². The number of hydrogen-bond donors (Lipinski definition) is 1. The van der Waals surface area contributed by atoms with E-state index in [4.69, 9.17) is 4.74 Å². The number of benzene rings is 2. The molecule has 1 aliphatic carbocycles. The number of aliphatic hydroxyl groups is 1. The number of anilines is 2. The number of methoxy groups -OCH3 is 1. The smallest absolute Gasteiger partial charge is 0.215 e. The summed E-state index contributed by atoms with van der Waals surface area (Å²) in [6, 6.07) is 14.0. The van der Waals surface area contributed by atoms with Gasteiger partial charge in [0.2, 0.25) is 10.3 Å². The molecule has 1 N–H and O–H groups in total. The molecule has 0 aromatic heterocycles. The van der Waals surface area contributed by atoms with Crippen LogP contribution in [0.1, 0.15) is 29.0 Å². The molecule has 5 nitrogen and oxygen atoms in total. The van der Waals surface area contributed by atoms with Crippen LogP contribution in [0.4, 0.5) is 11.4 Å². The zero-order valence-corrected chi connectivity index (χ0v) is 16.4. The molecule has 4 atom stereocenters. The molecule has 0 spiro atoms. The second-order valence-electron chi connectivity index (χ2n) is 7.37. The van der Waals surface area contributed by atoms with E-state index in [1.165, 1.54) is 7.11 Å². The molecule has 0 bridgehead atoms. The van der Waals surface area contributed by atoms with Gasteiger partial charge in [-0.2, -0.15) is 8.42 Å². The van der Waals surface area contributed by atoms with Crippen molar-refractivity contribution >= 4 is 26.5 Å². The minimum absolute atomic E-state index is 0.101. The van der Waals surface area contributed by atoms with Crippen molar-refractivity contribution in [3.63, 3.8) is 0 Å². The first-order valence-electron chi connectivity index (χ1n) is 9.05. The summed E-state index contributed by atoms with van der Waals surface area (Å²) < 4.78 is 29.0. The van der Waals surface area contributed by atoms with Crippen LogP contribution in [0, 0.1) is 13.8 Å². The van der Waals surface area contributed by atoms with Gasteiger partial charge in [0.05, 0.1) is 10.9 Å². The van der Waals surface area contributed by atoms with Gasteiger partial charge in [-0.15, -0.1) is 0 Å². The topological polar surface area (TPSA) is 66.8 Å². The van der Waals surface area contributed by atoms with E-state index < -0.39 is 22.5 Å². The van der Waals surface area contributed by atoms with Crippen LogP contribution in [0.2, 0.25) is 0 Å². The van der Waals surface area contributed by atoms with Crippen molar-refractivity contribution in [3.05, 3.63) is 59.2 Å². The molecule has 4 rings (SSSR count). The van der Waals surface area contributed by atoms with Crippen LogP contribution < -0.4 is 4.90 Å². The summed E-state index contributed by atoms with van der Waals surface area (Å²) in [5.41, 5.74) is 5.40. The summed E-state index contributed by atoms with van der Waals surface area (Å²) in [5, 5.41) is 11.1. The second kappa shape index (κ2) is 6.78. The Bertz CT molecular complexity index is 1000. The van der Waals surface area contributed by atoms with Crippen molar-refractivity contribution in [2.45, 2.75) is 44.4 Å². The van der Waals surface area contributed by atoms with Crippen LogP contribution >= 0.6 is 0 Å². The number of hydrogen-bond acceptors (Lipinski definition) is 5. The van der Waals surface area contributed by atoms with E-state index in [9.17, 15) is 13.5 Å².